The number of para-hydroxylation sites is 1. The second kappa shape index (κ2) is 5.37. The van der Waals surface area contributed by atoms with Crippen molar-refractivity contribution in [1.29, 1.82) is 0 Å². The molecule has 1 aromatic carbocycles. The van der Waals surface area contributed by atoms with Crippen molar-refractivity contribution in [3.05, 3.63) is 46.3 Å². The number of sulfonamides is 1. The molecule has 0 aliphatic rings. The number of nitrogen functional groups attached to an aromatic ring is 1. The Bertz CT molecular complexity index is 765. The molecule has 0 bridgehead atoms. The van der Waals surface area contributed by atoms with Gasteiger partial charge < -0.3 is 5.73 Å². The van der Waals surface area contributed by atoms with E-state index in [1.807, 2.05) is 0 Å². The molecule has 20 heavy (non-hydrogen) atoms. The molecular weight excluding hydrogens is 349 g/mol. The van der Waals surface area contributed by atoms with E-state index in [-0.39, 0.29) is 10.7 Å². The van der Waals surface area contributed by atoms with Crippen LogP contribution in [0.15, 0.2) is 39.7 Å². The molecule has 8 heteroatoms. The first-order chi connectivity index (χ1) is 9.31. The summed E-state index contributed by atoms with van der Waals surface area (Å²) in [4.78, 5) is 3.74. The zero-order valence-electron chi connectivity index (χ0n) is 10.4. The number of aromatic nitrogens is 1. The molecule has 0 fully saturated rings. The van der Waals surface area contributed by atoms with Crippen molar-refractivity contribution in [3.63, 3.8) is 0 Å². The van der Waals surface area contributed by atoms with Gasteiger partial charge in [-0.15, -0.1) is 0 Å². The number of nitrogens with two attached hydrogens (primary N) is 1. The molecule has 1 heterocycles. The van der Waals surface area contributed by atoms with Crippen LogP contribution in [0.25, 0.3) is 0 Å². The Morgan fingerprint density at radius 3 is 2.65 bits per heavy atom. The molecule has 1 aromatic heterocycles. The number of nitrogens with zero attached hydrogens (tertiary/aromatic N) is 1. The minimum atomic E-state index is -3.99. The lowest BCUT2D eigenvalue weighted by atomic mass is 10.3. The van der Waals surface area contributed by atoms with Crippen molar-refractivity contribution in [1.82, 2.24) is 4.98 Å². The van der Waals surface area contributed by atoms with Crippen LogP contribution >= 0.6 is 15.9 Å². The highest BCUT2D eigenvalue weighted by Crippen LogP contribution is 2.24. The Hall–Kier alpha value is -1.67. The molecule has 0 unspecified atom stereocenters. The first-order valence-electron chi connectivity index (χ1n) is 5.51. The van der Waals surface area contributed by atoms with Crippen molar-refractivity contribution >= 4 is 37.5 Å². The van der Waals surface area contributed by atoms with Gasteiger partial charge in [-0.3, -0.25) is 4.72 Å². The third-order valence-corrected chi connectivity index (χ3v) is 4.81. The van der Waals surface area contributed by atoms with Crippen LogP contribution in [0, 0.1) is 12.7 Å². The number of aryl methyl sites for hydroxylation is 1. The zero-order chi connectivity index (χ0) is 14.9. The Balaban J connectivity index is 2.41. The van der Waals surface area contributed by atoms with Crippen molar-refractivity contribution in [2.45, 2.75) is 11.8 Å². The number of benzene rings is 1. The SMILES string of the molecule is Cc1nc(NS(=O)(=O)c2cccc(F)c2N)ccc1Br. The van der Waals surface area contributed by atoms with E-state index < -0.39 is 21.5 Å². The number of halogens is 2. The normalized spacial score (nSPS) is 11.3. The maximum absolute atomic E-state index is 13.3. The van der Waals surface area contributed by atoms with Gasteiger partial charge in [-0.2, -0.15) is 0 Å². The van der Waals surface area contributed by atoms with Gasteiger partial charge >= 0.3 is 0 Å². The van der Waals surface area contributed by atoms with E-state index in [0.29, 0.717) is 5.69 Å². The highest BCUT2D eigenvalue weighted by atomic mass is 79.9. The molecule has 0 amide bonds. The Morgan fingerprint density at radius 1 is 1.30 bits per heavy atom. The number of hydrogen-bond acceptors (Lipinski definition) is 4. The van der Waals surface area contributed by atoms with E-state index >= 15 is 0 Å². The molecule has 2 rings (SSSR count). The summed E-state index contributed by atoms with van der Waals surface area (Å²) in [5.41, 5.74) is 5.65. The lowest BCUT2D eigenvalue weighted by Crippen LogP contribution is -2.16. The van der Waals surface area contributed by atoms with Crippen LogP contribution < -0.4 is 10.5 Å². The van der Waals surface area contributed by atoms with Gasteiger partial charge in [0, 0.05) is 4.47 Å². The molecule has 5 nitrogen and oxygen atoms in total. The highest BCUT2D eigenvalue weighted by molar-refractivity contribution is 9.10. The third-order valence-electron chi connectivity index (χ3n) is 2.56. The molecule has 3 N–H and O–H groups in total. The molecule has 0 aliphatic heterocycles. The third kappa shape index (κ3) is 2.91. The van der Waals surface area contributed by atoms with Gasteiger partial charge in [0.15, 0.2) is 0 Å². The summed E-state index contributed by atoms with van der Waals surface area (Å²) in [7, 11) is -3.99. The summed E-state index contributed by atoms with van der Waals surface area (Å²) in [6.07, 6.45) is 0. The number of anilines is 2. The topological polar surface area (TPSA) is 85.1 Å². The van der Waals surface area contributed by atoms with Gasteiger partial charge in [-0.05, 0) is 47.1 Å². The lowest BCUT2D eigenvalue weighted by Gasteiger charge is -2.10. The largest absolute Gasteiger partial charge is 0.395 e. The van der Waals surface area contributed by atoms with Crippen LogP contribution in [0.1, 0.15) is 5.69 Å². The zero-order valence-corrected chi connectivity index (χ0v) is 12.8. The van der Waals surface area contributed by atoms with Crippen molar-refractivity contribution in [2.75, 3.05) is 10.5 Å². The first-order valence-corrected chi connectivity index (χ1v) is 7.79. The number of hydrogen-bond donors (Lipinski definition) is 2. The predicted octanol–water partition coefficient (Wildman–Crippen LogP) is 2.67. The maximum atomic E-state index is 13.3. The number of rotatable bonds is 3. The molecule has 0 radical (unpaired) electrons. The lowest BCUT2D eigenvalue weighted by molar-refractivity contribution is 0.597. The Morgan fingerprint density at radius 2 is 2.00 bits per heavy atom. The first kappa shape index (κ1) is 14.7. The molecular formula is C12H11BrFN3O2S. The van der Waals surface area contributed by atoms with Gasteiger partial charge in [-0.25, -0.2) is 17.8 Å². The Kier molecular flexibility index (Phi) is 3.96. The van der Waals surface area contributed by atoms with Gasteiger partial charge in [0.2, 0.25) is 0 Å². The number of pyridine rings is 1. The summed E-state index contributed by atoms with van der Waals surface area (Å²) >= 11 is 3.27. The van der Waals surface area contributed by atoms with Crippen LogP contribution in [0.5, 0.6) is 0 Å². The fourth-order valence-corrected chi connectivity index (χ4v) is 2.91. The van der Waals surface area contributed by atoms with E-state index in [4.69, 9.17) is 5.73 Å². The minimum absolute atomic E-state index is 0.134. The second-order valence-corrected chi connectivity index (χ2v) is 6.53. The highest BCUT2D eigenvalue weighted by Gasteiger charge is 2.20. The smallest absolute Gasteiger partial charge is 0.265 e. The van der Waals surface area contributed by atoms with Crippen LogP contribution in [0.4, 0.5) is 15.9 Å². The van der Waals surface area contributed by atoms with E-state index in [1.165, 1.54) is 18.2 Å². The quantitative estimate of drug-likeness (QED) is 0.825. The summed E-state index contributed by atoms with van der Waals surface area (Å²) in [6.45, 7) is 1.72. The average Bonchev–Trinajstić information content (AvgIpc) is 2.36. The molecule has 0 spiro atoms. The van der Waals surface area contributed by atoms with Crippen LogP contribution in [0.3, 0.4) is 0 Å². The summed E-state index contributed by atoms with van der Waals surface area (Å²) in [5, 5.41) is 0. The van der Waals surface area contributed by atoms with Crippen LogP contribution in [-0.4, -0.2) is 13.4 Å². The van der Waals surface area contributed by atoms with Crippen molar-refractivity contribution in [2.24, 2.45) is 0 Å². The van der Waals surface area contributed by atoms with Crippen LogP contribution in [-0.2, 0) is 10.0 Å². The van der Waals surface area contributed by atoms with Gasteiger partial charge in [0.05, 0.1) is 11.4 Å². The van der Waals surface area contributed by atoms with Gasteiger partial charge in [0.25, 0.3) is 10.0 Å². The van der Waals surface area contributed by atoms with Gasteiger partial charge in [-0.1, -0.05) is 6.07 Å². The van der Waals surface area contributed by atoms with Crippen molar-refractivity contribution in [3.8, 4) is 0 Å². The van der Waals surface area contributed by atoms with Crippen LogP contribution in [0.2, 0.25) is 0 Å². The summed E-state index contributed by atoms with van der Waals surface area (Å²) in [6, 6.07) is 6.75. The van der Waals surface area contributed by atoms with Gasteiger partial charge in [0.1, 0.15) is 16.5 Å². The average molecular weight is 360 g/mol. The fourth-order valence-electron chi connectivity index (χ4n) is 1.55. The summed E-state index contributed by atoms with van der Waals surface area (Å²) in [5.74, 6) is -0.651. The monoisotopic (exact) mass is 359 g/mol. The molecule has 2 aromatic rings. The second-order valence-electron chi connectivity index (χ2n) is 4.02. The van der Waals surface area contributed by atoms with E-state index in [0.717, 1.165) is 10.5 Å². The van der Waals surface area contributed by atoms with E-state index in [1.54, 1.807) is 13.0 Å². The summed E-state index contributed by atoms with van der Waals surface area (Å²) < 4.78 is 40.7. The number of nitrogens with one attached hydrogen (secondary N) is 1. The predicted molar refractivity (Wildman–Crippen MR) is 78.3 cm³/mol. The van der Waals surface area contributed by atoms with Crippen molar-refractivity contribution < 1.29 is 12.8 Å². The fraction of sp³-hybridized carbons (Fsp3) is 0.0833. The molecule has 0 saturated heterocycles. The Labute approximate surface area is 124 Å². The van der Waals surface area contributed by atoms with E-state index in [9.17, 15) is 12.8 Å². The molecule has 0 aliphatic carbocycles. The minimum Gasteiger partial charge on any atom is -0.395 e. The van der Waals surface area contributed by atoms with E-state index in [2.05, 4.69) is 25.6 Å². The standard InChI is InChI=1S/C12H11BrFN3O2S/c1-7-8(13)5-6-11(16-7)17-20(18,19)10-4-2-3-9(14)12(10)15/h2-6H,15H2,1H3,(H,16,17). The maximum Gasteiger partial charge on any atom is 0.265 e. The molecule has 0 saturated carbocycles. The molecule has 106 valence electrons. The molecule has 0 atom stereocenters.